The molecule has 0 bridgehead atoms. The number of carbonyl (C=O) groups is 1. The monoisotopic (exact) mass is 604 g/mol. The van der Waals surface area contributed by atoms with Crippen molar-refractivity contribution in [2.75, 3.05) is 18.9 Å². The standard InChI is InChI=1S/C35H44N2O5S/c1-25-11-14-29(43-20-6-10-34(40)37-18-5-4-7-27(39)23-38)21-26(25)24-41-35(16-17-35)32-22-36-19-15-30(32)31-8-2-3-9-33(31)42-28-12-13-28/h2-3,8-9,11,14-15,19,21-22,27-28,38-39H,4-7,10,12-13,16-18,20,23-24H2,1H3,(H,37,40). The van der Waals surface area contributed by atoms with Gasteiger partial charge in [-0.2, -0.15) is 0 Å². The second-order valence-corrected chi connectivity index (χ2v) is 12.9. The number of hydrogen-bond donors (Lipinski definition) is 3. The molecule has 1 amide bonds. The van der Waals surface area contributed by atoms with E-state index in [-0.39, 0.29) is 18.1 Å². The van der Waals surface area contributed by atoms with Gasteiger partial charge in [0.15, 0.2) is 0 Å². The number of thioether (sulfide) groups is 1. The van der Waals surface area contributed by atoms with Crippen molar-refractivity contribution >= 4 is 17.7 Å². The van der Waals surface area contributed by atoms with Crippen LogP contribution in [0.15, 0.2) is 65.8 Å². The van der Waals surface area contributed by atoms with Gasteiger partial charge in [0, 0.05) is 41.4 Å². The largest absolute Gasteiger partial charge is 0.490 e. The molecule has 2 aromatic carbocycles. The zero-order valence-electron chi connectivity index (χ0n) is 25.1. The molecule has 230 valence electrons. The molecular formula is C35H44N2O5S. The highest BCUT2D eigenvalue weighted by molar-refractivity contribution is 7.99. The van der Waals surface area contributed by atoms with Gasteiger partial charge in [-0.3, -0.25) is 9.78 Å². The number of nitrogens with one attached hydrogen (secondary N) is 1. The highest BCUT2D eigenvalue weighted by Crippen LogP contribution is 2.53. The van der Waals surface area contributed by atoms with Gasteiger partial charge in [-0.15, -0.1) is 11.8 Å². The smallest absolute Gasteiger partial charge is 0.220 e. The lowest BCUT2D eigenvalue weighted by molar-refractivity contribution is -0.121. The first-order valence-electron chi connectivity index (χ1n) is 15.6. The van der Waals surface area contributed by atoms with Crippen LogP contribution in [0.25, 0.3) is 11.1 Å². The lowest BCUT2D eigenvalue weighted by atomic mass is 9.96. The van der Waals surface area contributed by atoms with E-state index < -0.39 is 6.10 Å². The van der Waals surface area contributed by atoms with Crippen LogP contribution < -0.4 is 10.1 Å². The molecule has 0 aliphatic heterocycles. The van der Waals surface area contributed by atoms with Gasteiger partial charge in [0.25, 0.3) is 0 Å². The van der Waals surface area contributed by atoms with Crippen LogP contribution in [0.3, 0.4) is 0 Å². The first kappa shape index (κ1) is 31.5. The minimum Gasteiger partial charge on any atom is -0.490 e. The summed E-state index contributed by atoms with van der Waals surface area (Å²) in [6, 6.07) is 16.9. The average Bonchev–Trinajstić information content (AvgIpc) is 3.97. The molecule has 7 nitrogen and oxygen atoms in total. The van der Waals surface area contributed by atoms with Crippen LogP contribution in [-0.2, 0) is 21.7 Å². The Morgan fingerprint density at radius 2 is 1.95 bits per heavy atom. The molecule has 2 saturated carbocycles. The summed E-state index contributed by atoms with van der Waals surface area (Å²) in [6.45, 7) is 3.06. The number of benzene rings is 2. The summed E-state index contributed by atoms with van der Waals surface area (Å²) in [6.07, 6.45) is 11.1. The van der Waals surface area contributed by atoms with E-state index in [2.05, 4.69) is 59.7 Å². The van der Waals surface area contributed by atoms with Crippen molar-refractivity contribution in [3.63, 3.8) is 0 Å². The number of rotatable bonds is 18. The van der Waals surface area contributed by atoms with Crippen molar-refractivity contribution < 1.29 is 24.5 Å². The fraction of sp³-hybridized carbons (Fsp3) is 0.486. The van der Waals surface area contributed by atoms with E-state index in [1.807, 2.05) is 18.5 Å². The molecule has 1 heterocycles. The van der Waals surface area contributed by atoms with Gasteiger partial charge in [0.05, 0.1) is 31.0 Å². The number of pyridine rings is 1. The van der Waals surface area contributed by atoms with E-state index in [4.69, 9.17) is 14.6 Å². The number of nitrogens with zero attached hydrogens (tertiary/aromatic N) is 1. The summed E-state index contributed by atoms with van der Waals surface area (Å²) in [7, 11) is 0. The van der Waals surface area contributed by atoms with Gasteiger partial charge in [0.1, 0.15) is 5.75 Å². The van der Waals surface area contributed by atoms with E-state index in [0.717, 1.165) is 73.1 Å². The molecule has 43 heavy (non-hydrogen) atoms. The third kappa shape index (κ3) is 9.05. The van der Waals surface area contributed by atoms with Gasteiger partial charge in [0.2, 0.25) is 5.91 Å². The first-order valence-corrected chi connectivity index (χ1v) is 16.6. The lowest BCUT2D eigenvalue weighted by Gasteiger charge is -2.22. The normalized spacial score (nSPS) is 16.1. The number of carbonyl (C=O) groups excluding carboxylic acids is 1. The summed E-state index contributed by atoms with van der Waals surface area (Å²) in [5, 5.41) is 21.2. The topological polar surface area (TPSA) is 101 Å². The molecule has 2 fully saturated rings. The van der Waals surface area contributed by atoms with Crippen LogP contribution in [0.5, 0.6) is 5.75 Å². The number of aliphatic hydroxyl groups is 2. The maximum atomic E-state index is 12.2. The Kier molecular flexibility index (Phi) is 11.1. The Hall–Kier alpha value is -2.91. The molecule has 1 unspecified atom stereocenters. The number of unbranched alkanes of at least 4 members (excludes halogenated alkanes) is 1. The Bertz CT molecular complexity index is 1360. The molecule has 0 spiro atoms. The van der Waals surface area contributed by atoms with Gasteiger partial charge >= 0.3 is 0 Å². The van der Waals surface area contributed by atoms with Crippen LogP contribution >= 0.6 is 11.8 Å². The van der Waals surface area contributed by atoms with E-state index in [0.29, 0.717) is 32.1 Å². The molecular weight excluding hydrogens is 560 g/mol. The van der Waals surface area contributed by atoms with Crippen molar-refractivity contribution in [1.29, 1.82) is 0 Å². The number of hydrogen-bond acceptors (Lipinski definition) is 7. The number of para-hydroxylation sites is 1. The second kappa shape index (κ2) is 15.2. The van der Waals surface area contributed by atoms with Gasteiger partial charge < -0.3 is 25.0 Å². The fourth-order valence-corrected chi connectivity index (χ4v) is 6.11. The minimum atomic E-state index is -0.662. The maximum absolute atomic E-state index is 12.2. The molecule has 5 rings (SSSR count). The SMILES string of the molecule is Cc1ccc(SCCCC(=O)NCCCCC(O)CO)cc1COC1(c2cnccc2-c2ccccc2OC2CC2)CC1. The Morgan fingerprint density at radius 3 is 2.74 bits per heavy atom. The lowest BCUT2D eigenvalue weighted by Crippen LogP contribution is -2.24. The predicted molar refractivity (Wildman–Crippen MR) is 170 cm³/mol. The Morgan fingerprint density at radius 1 is 1.12 bits per heavy atom. The number of aryl methyl sites for hydroxylation is 1. The minimum absolute atomic E-state index is 0.0625. The predicted octanol–water partition coefficient (Wildman–Crippen LogP) is 6.32. The quantitative estimate of drug-likeness (QED) is 0.115. The Balaban J connectivity index is 1.12. The van der Waals surface area contributed by atoms with Gasteiger partial charge in [-0.1, -0.05) is 24.3 Å². The summed E-state index contributed by atoms with van der Waals surface area (Å²) in [4.78, 5) is 17.8. The van der Waals surface area contributed by atoms with Gasteiger partial charge in [-0.25, -0.2) is 0 Å². The molecule has 1 atom stereocenters. The second-order valence-electron chi connectivity index (χ2n) is 11.7. The van der Waals surface area contributed by atoms with Crippen LogP contribution in [0.4, 0.5) is 0 Å². The van der Waals surface area contributed by atoms with E-state index in [1.165, 1.54) is 16.0 Å². The van der Waals surface area contributed by atoms with Crippen molar-refractivity contribution in [2.45, 2.75) is 94.0 Å². The number of ether oxygens (including phenoxy) is 2. The number of aliphatic hydroxyl groups excluding tert-OH is 2. The number of aromatic nitrogens is 1. The van der Waals surface area contributed by atoms with Crippen molar-refractivity contribution in [3.05, 3.63) is 77.6 Å². The Labute approximate surface area is 259 Å². The van der Waals surface area contributed by atoms with E-state index >= 15 is 0 Å². The maximum Gasteiger partial charge on any atom is 0.220 e. The zero-order valence-corrected chi connectivity index (χ0v) is 25.9. The molecule has 0 saturated heterocycles. The van der Waals surface area contributed by atoms with Crippen molar-refractivity contribution in [2.24, 2.45) is 0 Å². The molecule has 2 aliphatic carbocycles. The highest BCUT2D eigenvalue weighted by atomic mass is 32.2. The fourth-order valence-electron chi connectivity index (χ4n) is 5.20. The average molecular weight is 605 g/mol. The zero-order chi connectivity index (χ0) is 30.1. The molecule has 2 aliphatic rings. The summed E-state index contributed by atoms with van der Waals surface area (Å²) in [5.74, 6) is 1.86. The third-order valence-corrected chi connectivity index (χ3v) is 9.23. The van der Waals surface area contributed by atoms with E-state index in [9.17, 15) is 9.90 Å². The molecule has 8 heteroatoms. The highest BCUT2D eigenvalue weighted by Gasteiger charge is 2.47. The summed E-state index contributed by atoms with van der Waals surface area (Å²) >= 11 is 1.77. The molecule has 3 aromatic rings. The summed E-state index contributed by atoms with van der Waals surface area (Å²) in [5.41, 5.74) is 5.42. The van der Waals surface area contributed by atoms with E-state index in [1.54, 1.807) is 11.8 Å². The number of amides is 1. The van der Waals surface area contributed by atoms with Crippen LogP contribution in [-0.4, -0.2) is 52.2 Å². The summed E-state index contributed by atoms with van der Waals surface area (Å²) < 4.78 is 13.0. The van der Waals surface area contributed by atoms with Crippen LogP contribution in [0.2, 0.25) is 0 Å². The third-order valence-electron chi connectivity index (χ3n) is 8.15. The van der Waals surface area contributed by atoms with Gasteiger partial charge in [-0.05, 0) is 105 Å². The van der Waals surface area contributed by atoms with Crippen LogP contribution in [0, 0.1) is 6.92 Å². The molecule has 0 radical (unpaired) electrons. The first-order chi connectivity index (χ1) is 21.0. The molecule has 3 N–H and O–H groups in total. The molecule has 1 aromatic heterocycles. The van der Waals surface area contributed by atoms with Crippen LogP contribution in [0.1, 0.15) is 74.5 Å². The van der Waals surface area contributed by atoms with Crippen molar-refractivity contribution in [1.82, 2.24) is 10.3 Å². The van der Waals surface area contributed by atoms with Crippen molar-refractivity contribution in [3.8, 4) is 16.9 Å².